The normalized spacial score (nSPS) is 14.1. The fourth-order valence-corrected chi connectivity index (χ4v) is 0.956. The van der Waals surface area contributed by atoms with Gasteiger partial charge in [-0.3, -0.25) is 0 Å². The van der Waals surface area contributed by atoms with Crippen molar-refractivity contribution in [3.05, 3.63) is 0 Å². The number of hydrogen-bond acceptors (Lipinski definition) is 2. The van der Waals surface area contributed by atoms with Crippen LogP contribution in [0.2, 0.25) is 0 Å². The summed E-state index contributed by atoms with van der Waals surface area (Å²) in [6.45, 7) is 7.28. The van der Waals surface area contributed by atoms with E-state index in [2.05, 4.69) is 26.1 Å². The molecule has 0 unspecified atom stereocenters. The molecule has 1 atom stereocenters. The topological polar surface area (TPSA) is 21.3 Å². The summed E-state index contributed by atoms with van der Waals surface area (Å²) in [6.07, 6.45) is 1.13. The highest BCUT2D eigenvalue weighted by molar-refractivity contribution is 4.65. The van der Waals surface area contributed by atoms with E-state index in [9.17, 15) is 0 Å². The molecule has 0 aromatic rings. The zero-order valence-corrected chi connectivity index (χ0v) is 7.48. The van der Waals surface area contributed by atoms with E-state index in [4.69, 9.17) is 4.74 Å². The average Bonchev–Trinajstić information content (AvgIpc) is 1.86. The van der Waals surface area contributed by atoms with Gasteiger partial charge in [0.15, 0.2) is 0 Å². The number of methoxy groups -OCH3 is 1. The number of ether oxygens (including phenoxy) is 1. The lowest BCUT2D eigenvalue weighted by molar-refractivity contribution is 0.160. The Balaban J connectivity index is 3.39. The van der Waals surface area contributed by atoms with Crippen molar-refractivity contribution >= 4 is 0 Å². The largest absolute Gasteiger partial charge is 0.383 e. The minimum atomic E-state index is 0.519. The third-order valence-electron chi connectivity index (χ3n) is 1.43. The van der Waals surface area contributed by atoms with Crippen molar-refractivity contribution in [2.75, 3.05) is 13.7 Å². The lowest BCUT2D eigenvalue weighted by atomic mass is 10.2. The van der Waals surface area contributed by atoms with Crippen molar-refractivity contribution < 1.29 is 4.74 Å². The molecule has 0 bridgehead atoms. The van der Waals surface area contributed by atoms with Crippen LogP contribution in [0.1, 0.15) is 27.2 Å². The quantitative estimate of drug-likeness (QED) is 0.631. The Labute approximate surface area is 64.0 Å². The van der Waals surface area contributed by atoms with Crippen molar-refractivity contribution in [2.24, 2.45) is 0 Å². The van der Waals surface area contributed by atoms with Crippen LogP contribution < -0.4 is 5.32 Å². The second-order valence-corrected chi connectivity index (χ2v) is 2.88. The fraction of sp³-hybridized carbons (Fsp3) is 1.00. The molecule has 62 valence electrons. The third kappa shape index (κ3) is 4.77. The molecule has 0 amide bonds. The molecule has 0 saturated heterocycles. The van der Waals surface area contributed by atoms with Gasteiger partial charge < -0.3 is 10.1 Å². The van der Waals surface area contributed by atoms with Gasteiger partial charge in [-0.05, 0) is 6.42 Å². The molecule has 0 aliphatic rings. The summed E-state index contributed by atoms with van der Waals surface area (Å²) in [4.78, 5) is 0. The summed E-state index contributed by atoms with van der Waals surface area (Å²) in [5.41, 5.74) is 0. The zero-order valence-electron chi connectivity index (χ0n) is 7.48. The zero-order chi connectivity index (χ0) is 7.98. The van der Waals surface area contributed by atoms with Crippen LogP contribution in [0.25, 0.3) is 0 Å². The molecule has 2 heteroatoms. The summed E-state index contributed by atoms with van der Waals surface area (Å²) in [5.74, 6) is 0. The Morgan fingerprint density at radius 3 is 2.30 bits per heavy atom. The van der Waals surface area contributed by atoms with E-state index in [-0.39, 0.29) is 0 Å². The lowest BCUT2D eigenvalue weighted by Crippen LogP contribution is -2.37. The first kappa shape index (κ1) is 9.92. The van der Waals surface area contributed by atoms with Crippen molar-refractivity contribution in [3.8, 4) is 0 Å². The van der Waals surface area contributed by atoms with Crippen LogP contribution in [0.5, 0.6) is 0 Å². The van der Waals surface area contributed by atoms with Crippen LogP contribution in [-0.2, 0) is 4.74 Å². The van der Waals surface area contributed by atoms with Crippen molar-refractivity contribution in [3.63, 3.8) is 0 Å². The Bertz CT molecular complexity index is 73.7. The molecule has 10 heavy (non-hydrogen) atoms. The molecule has 0 aliphatic heterocycles. The average molecular weight is 145 g/mol. The van der Waals surface area contributed by atoms with Crippen LogP contribution in [-0.4, -0.2) is 25.8 Å². The maximum Gasteiger partial charge on any atom is 0.0615 e. The molecule has 0 aliphatic carbocycles. The van der Waals surface area contributed by atoms with Gasteiger partial charge in [-0.25, -0.2) is 0 Å². The first-order valence-electron chi connectivity index (χ1n) is 3.95. The van der Waals surface area contributed by atoms with E-state index in [0.29, 0.717) is 12.1 Å². The summed E-state index contributed by atoms with van der Waals surface area (Å²) in [7, 11) is 1.74. The van der Waals surface area contributed by atoms with Gasteiger partial charge >= 0.3 is 0 Å². The summed E-state index contributed by atoms with van der Waals surface area (Å²) < 4.78 is 5.03. The molecule has 1 N–H and O–H groups in total. The fourth-order valence-electron chi connectivity index (χ4n) is 0.956. The van der Waals surface area contributed by atoms with Gasteiger partial charge in [0.05, 0.1) is 6.61 Å². The van der Waals surface area contributed by atoms with Gasteiger partial charge in [0.25, 0.3) is 0 Å². The van der Waals surface area contributed by atoms with E-state index in [1.54, 1.807) is 7.11 Å². The molecule has 0 heterocycles. The maximum absolute atomic E-state index is 5.03. The molecular weight excluding hydrogens is 126 g/mol. The maximum atomic E-state index is 5.03. The van der Waals surface area contributed by atoms with E-state index in [0.717, 1.165) is 13.0 Å². The number of rotatable bonds is 5. The second kappa shape index (κ2) is 5.69. The third-order valence-corrected chi connectivity index (χ3v) is 1.43. The molecule has 0 saturated carbocycles. The minimum absolute atomic E-state index is 0.519. The predicted molar refractivity (Wildman–Crippen MR) is 44.2 cm³/mol. The van der Waals surface area contributed by atoms with E-state index in [1.165, 1.54) is 0 Å². The van der Waals surface area contributed by atoms with Gasteiger partial charge in [-0.1, -0.05) is 20.8 Å². The molecule has 0 radical (unpaired) electrons. The van der Waals surface area contributed by atoms with Crippen molar-refractivity contribution in [1.29, 1.82) is 0 Å². The van der Waals surface area contributed by atoms with Crippen LogP contribution in [0.3, 0.4) is 0 Å². The highest BCUT2D eigenvalue weighted by atomic mass is 16.5. The van der Waals surface area contributed by atoms with Crippen LogP contribution >= 0.6 is 0 Å². The summed E-state index contributed by atoms with van der Waals surface area (Å²) in [6, 6.07) is 1.07. The molecular formula is C8H19NO. The predicted octanol–water partition coefficient (Wildman–Crippen LogP) is 1.41. The highest BCUT2D eigenvalue weighted by Gasteiger charge is 2.05. The Hall–Kier alpha value is -0.0800. The van der Waals surface area contributed by atoms with Crippen LogP contribution in [0.15, 0.2) is 0 Å². The molecule has 0 fully saturated rings. The monoisotopic (exact) mass is 145 g/mol. The van der Waals surface area contributed by atoms with Crippen LogP contribution in [0.4, 0.5) is 0 Å². The first-order chi connectivity index (χ1) is 4.70. The highest BCUT2D eigenvalue weighted by Crippen LogP contribution is 1.92. The summed E-state index contributed by atoms with van der Waals surface area (Å²) >= 11 is 0. The van der Waals surface area contributed by atoms with E-state index >= 15 is 0 Å². The Kier molecular flexibility index (Phi) is 5.64. The van der Waals surface area contributed by atoms with Crippen molar-refractivity contribution in [2.45, 2.75) is 39.3 Å². The molecule has 2 nitrogen and oxygen atoms in total. The van der Waals surface area contributed by atoms with Gasteiger partial charge in [0.2, 0.25) is 0 Å². The van der Waals surface area contributed by atoms with Gasteiger partial charge in [-0.15, -0.1) is 0 Å². The first-order valence-corrected chi connectivity index (χ1v) is 3.95. The van der Waals surface area contributed by atoms with Gasteiger partial charge in [-0.2, -0.15) is 0 Å². The number of hydrogen-bond donors (Lipinski definition) is 1. The van der Waals surface area contributed by atoms with Gasteiger partial charge in [0.1, 0.15) is 0 Å². The molecule has 0 aromatic heterocycles. The molecule has 0 aromatic carbocycles. The Morgan fingerprint density at radius 1 is 1.40 bits per heavy atom. The lowest BCUT2D eigenvalue weighted by Gasteiger charge is -2.18. The SMILES string of the molecule is CC[C@H](COC)NC(C)C. The smallest absolute Gasteiger partial charge is 0.0615 e. The van der Waals surface area contributed by atoms with Crippen LogP contribution in [0, 0.1) is 0 Å². The van der Waals surface area contributed by atoms with Gasteiger partial charge in [0, 0.05) is 19.2 Å². The molecule has 0 rings (SSSR count). The Morgan fingerprint density at radius 2 is 2.00 bits per heavy atom. The molecule has 0 spiro atoms. The van der Waals surface area contributed by atoms with E-state index in [1.807, 2.05) is 0 Å². The standard InChI is InChI=1S/C8H19NO/c1-5-8(6-10-4)9-7(2)3/h7-9H,5-6H2,1-4H3/t8-/m1/s1. The number of nitrogens with one attached hydrogen (secondary N) is 1. The summed E-state index contributed by atoms with van der Waals surface area (Å²) in [5, 5.41) is 3.41. The van der Waals surface area contributed by atoms with E-state index < -0.39 is 0 Å². The second-order valence-electron chi connectivity index (χ2n) is 2.88. The minimum Gasteiger partial charge on any atom is -0.383 e. The van der Waals surface area contributed by atoms with Crippen molar-refractivity contribution in [1.82, 2.24) is 5.32 Å².